The number of ketones is 1. The number of rotatable bonds is 3. The third kappa shape index (κ3) is 3.27. The normalized spacial score (nSPS) is 14.8. The summed E-state index contributed by atoms with van der Waals surface area (Å²) in [4.78, 5) is 13.6. The molecule has 0 spiro atoms. The first-order valence-electron chi connectivity index (χ1n) is 7.45. The number of allylic oxidation sites excluding steroid dienone is 1. The first-order chi connectivity index (χ1) is 11.5. The molecule has 2 aromatic rings. The lowest BCUT2D eigenvalue weighted by molar-refractivity contribution is -0.164. The van der Waals surface area contributed by atoms with Crippen LogP contribution >= 0.6 is 0 Å². The molecule has 1 N–H and O–H groups in total. The Kier molecular flexibility index (Phi) is 4.29. The number of halogens is 3. The molecule has 124 valence electrons. The lowest BCUT2D eigenvalue weighted by Crippen LogP contribution is -2.32. The van der Waals surface area contributed by atoms with E-state index >= 15 is 0 Å². The Balaban J connectivity index is 2.07. The first kappa shape index (κ1) is 16.1. The quantitative estimate of drug-likeness (QED) is 0.859. The number of carbonyl (C=O) groups is 1. The summed E-state index contributed by atoms with van der Waals surface area (Å²) in [7, 11) is 0. The number of Topliss-reactive ketones (excluding diaryl/α,β-unsaturated/α-hetero) is 1. The van der Waals surface area contributed by atoms with Crippen molar-refractivity contribution in [2.75, 3.05) is 23.3 Å². The van der Waals surface area contributed by atoms with Crippen molar-refractivity contribution in [1.82, 2.24) is 0 Å². The van der Waals surface area contributed by atoms with Gasteiger partial charge in [0.15, 0.2) is 0 Å². The van der Waals surface area contributed by atoms with Gasteiger partial charge in [0.05, 0.1) is 16.9 Å². The summed E-state index contributed by atoms with van der Waals surface area (Å²) in [5.41, 5.74) is 1.45. The van der Waals surface area contributed by atoms with E-state index in [4.69, 9.17) is 0 Å². The van der Waals surface area contributed by atoms with Crippen molar-refractivity contribution in [1.29, 1.82) is 0 Å². The maximum Gasteiger partial charge on any atom is 0.454 e. The molecule has 1 aliphatic rings. The van der Waals surface area contributed by atoms with Gasteiger partial charge in [-0.2, -0.15) is 13.2 Å². The molecule has 1 heterocycles. The average Bonchev–Trinajstić information content (AvgIpc) is 2.59. The van der Waals surface area contributed by atoms with Crippen molar-refractivity contribution < 1.29 is 18.0 Å². The number of alkyl halides is 3. The zero-order valence-electron chi connectivity index (χ0n) is 12.7. The highest BCUT2D eigenvalue weighted by atomic mass is 19.4. The predicted octanol–water partition coefficient (Wildman–Crippen LogP) is 4.09. The maximum atomic E-state index is 13.0. The third-order valence-corrected chi connectivity index (χ3v) is 3.75. The SMILES string of the molecule is O=C(/C(=C/N1CCNc2ccccc21)c1ccccc1)C(F)(F)F. The highest BCUT2D eigenvalue weighted by Crippen LogP contribution is 2.32. The number of nitrogens with zero attached hydrogens (tertiary/aromatic N) is 1. The smallest absolute Gasteiger partial charge is 0.382 e. The topological polar surface area (TPSA) is 32.3 Å². The van der Waals surface area contributed by atoms with Crippen LogP contribution in [0, 0.1) is 0 Å². The van der Waals surface area contributed by atoms with Crippen molar-refractivity contribution in [3.05, 3.63) is 66.4 Å². The lowest BCUT2D eigenvalue weighted by atomic mass is 10.0. The van der Waals surface area contributed by atoms with E-state index in [1.54, 1.807) is 35.2 Å². The Bertz CT molecular complexity index is 769. The molecule has 2 aromatic carbocycles. The molecule has 0 unspecified atom stereocenters. The summed E-state index contributed by atoms with van der Waals surface area (Å²) >= 11 is 0. The molecular weight excluding hydrogens is 317 g/mol. The largest absolute Gasteiger partial charge is 0.454 e. The number of para-hydroxylation sites is 2. The van der Waals surface area contributed by atoms with Gasteiger partial charge in [-0.05, 0) is 17.7 Å². The van der Waals surface area contributed by atoms with Gasteiger partial charge >= 0.3 is 6.18 Å². The van der Waals surface area contributed by atoms with E-state index in [-0.39, 0.29) is 11.1 Å². The molecule has 0 aromatic heterocycles. The van der Waals surface area contributed by atoms with Crippen LogP contribution in [0.15, 0.2) is 60.8 Å². The minimum absolute atomic E-state index is 0.246. The molecule has 3 nitrogen and oxygen atoms in total. The molecule has 24 heavy (non-hydrogen) atoms. The second-order valence-corrected chi connectivity index (χ2v) is 5.37. The highest BCUT2D eigenvalue weighted by Gasteiger charge is 2.41. The summed E-state index contributed by atoms with van der Waals surface area (Å²) in [6.07, 6.45) is -3.62. The Morgan fingerprint density at radius 2 is 1.71 bits per heavy atom. The summed E-state index contributed by atoms with van der Waals surface area (Å²) < 4.78 is 39.0. The minimum atomic E-state index is -4.92. The molecule has 0 aliphatic carbocycles. The summed E-state index contributed by atoms with van der Waals surface area (Å²) in [5.74, 6) is -1.84. The van der Waals surface area contributed by atoms with Gasteiger partial charge in [-0.15, -0.1) is 0 Å². The van der Waals surface area contributed by atoms with E-state index in [0.29, 0.717) is 13.1 Å². The van der Waals surface area contributed by atoms with Gasteiger partial charge in [-0.1, -0.05) is 42.5 Å². The van der Waals surface area contributed by atoms with Crippen molar-refractivity contribution in [3.8, 4) is 0 Å². The van der Waals surface area contributed by atoms with Gasteiger partial charge in [-0.3, -0.25) is 4.79 Å². The fourth-order valence-corrected chi connectivity index (χ4v) is 2.63. The van der Waals surface area contributed by atoms with Crippen LogP contribution in [0.4, 0.5) is 24.5 Å². The fourth-order valence-electron chi connectivity index (χ4n) is 2.63. The fraction of sp³-hybridized carbons (Fsp3) is 0.167. The Morgan fingerprint density at radius 1 is 1.04 bits per heavy atom. The van der Waals surface area contributed by atoms with Crippen molar-refractivity contribution in [2.45, 2.75) is 6.18 Å². The molecule has 0 amide bonds. The van der Waals surface area contributed by atoms with Gasteiger partial charge in [0.25, 0.3) is 5.78 Å². The minimum Gasteiger partial charge on any atom is -0.382 e. The van der Waals surface area contributed by atoms with Crippen LogP contribution < -0.4 is 10.2 Å². The van der Waals surface area contributed by atoms with Gasteiger partial charge in [0.1, 0.15) is 0 Å². The number of fused-ring (bicyclic) bond motifs is 1. The van der Waals surface area contributed by atoms with Crippen LogP contribution in [0.25, 0.3) is 5.57 Å². The average molecular weight is 332 g/mol. The molecular formula is C18H15F3N2O. The van der Waals surface area contributed by atoms with Crippen molar-refractivity contribution in [2.24, 2.45) is 0 Å². The van der Waals surface area contributed by atoms with E-state index in [9.17, 15) is 18.0 Å². The number of hydrogen-bond donors (Lipinski definition) is 1. The van der Waals surface area contributed by atoms with Gasteiger partial charge in [0, 0.05) is 19.3 Å². The van der Waals surface area contributed by atoms with E-state index in [1.807, 2.05) is 12.1 Å². The van der Waals surface area contributed by atoms with Crippen molar-refractivity contribution in [3.63, 3.8) is 0 Å². The summed E-state index contributed by atoms with van der Waals surface area (Å²) in [6.45, 7) is 1.05. The number of carbonyl (C=O) groups excluding carboxylic acids is 1. The third-order valence-electron chi connectivity index (χ3n) is 3.75. The van der Waals surface area contributed by atoms with Crippen LogP contribution in [-0.4, -0.2) is 25.0 Å². The van der Waals surface area contributed by atoms with Gasteiger partial charge in [-0.25, -0.2) is 0 Å². The van der Waals surface area contributed by atoms with Gasteiger partial charge in [0.2, 0.25) is 0 Å². The second-order valence-electron chi connectivity index (χ2n) is 5.37. The Hall–Kier alpha value is -2.76. The first-order valence-corrected chi connectivity index (χ1v) is 7.45. The molecule has 1 aliphatic heterocycles. The van der Waals surface area contributed by atoms with Crippen molar-refractivity contribution >= 4 is 22.7 Å². The molecule has 0 saturated heterocycles. The summed E-state index contributed by atoms with van der Waals surface area (Å²) in [5, 5.41) is 3.19. The molecule has 0 saturated carbocycles. The Labute approximate surface area is 137 Å². The molecule has 3 rings (SSSR count). The monoisotopic (exact) mass is 332 g/mol. The summed E-state index contributed by atoms with van der Waals surface area (Å²) in [6, 6.07) is 15.2. The second kappa shape index (κ2) is 6.39. The number of nitrogens with one attached hydrogen (secondary N) is 1. The molecule has 0 fully saturated rings. The van der Waals surface area contributed by atoms with Gasteiger partial charge < -0.3 is 10.2 Å². The van der Waals surface area contributed by atoms with Crippen LogP contribution in [0.1, 0.15) is 5.56 Å². The van der Waals surface area contributed by atoms with Crippen LogP contribution in [0.3, 0.4) is 0 Å². The molecule has 0 atom stereocenters. The van der Waals surface area contributed by atoms with E-state index in [2.05, 4.69) is 5.32 Å². The van der Waals surface area contributed by atoms with Crippen LogP contribution in [0.5, 0.6) is 0 Å². The van der Waals surface area contributed by atoms with E-state index in [0.717, 1.165) is 11.4 Å². The molecule has 6 heteroatoms. The molecule has 0 bridgehead atoms. The van der Waals surface area contributed by atoms with Crippen LogP contribution in [-0.2, 0) is 4.79 Å². The standard InChI is InChI=1S/C18H15F3N2O/c19-18(20,21)17(24)14(13-6-2-1-3-7-13)12-23-11-10-22-15-8-4-5-9-16(15)23/h1-9,12,22H,10-11H2/b14-12+. The highest BCUT2D eigenvalue weighted by molar-refractivity contribution is 6.23. The van der Waals surface area contributed by atoms with Crippen LogP contribution in [0.2, 0.25) is 0 Å². The predicted molar refractivity (Wildman–Crippen MR) is 87.8 cm³/mol. The number of hydrogen-bond acceptors (Lipinski definition) is 3. The Morgan fingerprint density at radius 3 is 2.42 bits per heavy atom. The maximum absolute atomic E-state index is 13.0. The molecule has 0 radical (unpaired) electrons. The van der Waals surface area contributed by atoms with E-state index in [1.165, 1.54) is 18.3 Å². The zero-order valence-corrected chi connectivity index (χ0v) is 12.7. The number of anilines is 2. The van der Waals surface area contributed by atoms with E-state index < -0.39 is 12.0 Å². The lowest BCUT2D eigenvalue weighted by Gasteiger charge is -2.30. The number of benzene rings is 2. The zero-order chi connectivity index (χ0) is 17.2.